The lowest BCUT2D eigenvalue weighted by Crippen LogP contribution is -2.45. The molecule has 0 saturated carbocycles. The van der Waals surface area contributed by atoms with E-state index < -0.39 is 10.0 Å². The number of sulfonamides is 1. The summed E-state index contributed by atoms with van der Waals surface area (Å²) in [5.74, 6) is 1.05. The molecule has 0 bridgehead atoms. The van der Waals surface area contributed by atoms with Gasteiger partial charge in [0.2, 0.25) is 16.0 Å². The smallest absolute Gasteiger partial charge is 0.235 e. The minimum Gasteiger partial charge on any atom is -0.402 e. The van der Waals surface area contributed by atoms with Gasteiger partial charge in [0.15, 0.2) is 0 Å². The van der Waals surface area contributed by atoms with E-state index in [1.165, 1.54) is 13.1 Å². The fourth-order valence-electron chi connectivity index (χ4n) is 3.15. The summed E-state index contributed by atoms with van der Waals surface area (Å²) < 4.78 is 27.3. The number of halogens is 1. The van der Waals surface area contributed by atoms with Crippen molar-refractivity contribution in [3.8, 4) is 0 Å². The summed E-state index contributed by atoms with van der Waals surface area (Å²) in [6.45, 7) is 5.18. The Bertz CT molecular complexity index is 1130. The number of amidine groups is 1. The fraction of sp³-hybridized carbons (Fsp3) is 0.474. The Kier molecular flexibility index (Phi) is 7.69. The molecule has 0 aromatic carbocycles. The van der Waals surface area contributed by atoms with Crippen LogP contribution in [0.5, 0.6) is 0 Å². The van der Waals surface area contributed by atoms with Crippen molar-refractivity contribution in [3.05, 3.63) is 29.2 Å². The third-order valence-electron chi connectivity index (χ3n) is 4.85. The van der Waals surface area contributed by atoms with Gasteiger partial charge in [-0.15, -0.1) is 0 Å². The van der Waals surface area contributed by atoms with Crippen LogP contribution in [0.3, 0.4) is 0 Å². The Labute approximate surface area is 192 Å². The SMILES string of the molecule is CN=C(/C=C(/C)N)NS(=O)(=O)CCNc1nc(N2CCN(C)CC2)nc2cnc(Cl)cc12. The number of fused-ring (bicyclic) bond motifs is 1. The van der Waals surface area contributed by atoms with Crippen LogP contribution < -0.4 is 20.7 Å². The van der Waals surface area contributed by atoms with Gasteiger partial charge in [-0.1, -0.05) is 11.6 Å². The summed E-state index contributed by atoms with van der Waals surface area (Å²) in [5, 5.41) is 4.09. The van der Waals surface area contributed by atoms with Gasteiger partial charge in [-0.3, -0.25) is 9.71 Å². The lowest BCUT2D eigenvalue weighted by Gasteiger charge is -2.32. The standard InChI is InChI=1S/C19H28ClN9O2S/c1-13(21)10-17(22-2)27-32(30,31)9-4-23-18-14-11-16(20)24-12-15(14)25-19(26-18)29-7-5-28(3)6-8-29/h10-12H,4-9,21H2,1-3H3,(H,22,27)(H,23,25,26)/b13-10-. The minimum absolute atomic E-state index is 0.117. The molecular weight excluding hydrogens is 454 g/mol. The zero-order valence-corrected chi connectivity index (χ0v) is 19.9. The molecule has 13 heteroatoms. The molecule has 174 valence electrons. The largest absolute Gasteiger partial charge is 0.402 e. The van der Waals surface area contributed by atoms with Gasteiger partial charge in [-0.2, -0.15) is 4.98 Å². The lowest BCUT2D eigenvalue weighted by molar-refractivity contribution is 0.311. The van der Waals surface area contributed by atoms with Crippen LogP contribution in [0, 0.1) is 0 Å². The number of nitrogens with one attached hydrogen (secondary N) is 2. The summed E-state index contributed by atoms with van der Waals surface area (Å²) >= 11 is 6.07. The van der Waals surface area contributed by atoms with Crippen molar-refractivity contribution < 1.29 is 8.42 Å². The van der Waals surface area contributed by atoms with E-state index in [-0.39, 0.29) is 18.1 Å². The molecule has 0 radical (unpaired) electrons. The van der Waals surface area contributed by atoms with E-state index in [1.807, 2.05) is 0 Å². The van der Waals surface area contributed by atoms with Gasteiger partial charge in [-0.05, 0) is 26.1 Å². The van der Waals surface area contributed by atoms with Crippen LogP contribution >= 0.6 is 11.6 Å². The molecule has 32 heavy (non-hydrogen) atoms. The number of aliphatic imine (C=N–C) groups is 1. The first kappa shape index (κ1) is 24.0. The van der Waals surface area contributed by atoms with E-state index in [1.54, 1.807) is 19.2 Å². The maximum Gasteiger partial charge on any atom is 0.235 e. The minimum atomic E-state index is -3.65. The van der Waals surface area contributed by atoms with Gasteiger partial charge in [0, 0.05) is 50.9 Å². The monoisotopic (exact) mass is 481 g/mol. The molecule has 2 aromatic rings. The Morgan fingerprint density at radius 3 is 2.69 bits per heavy atom. The molecule has 1 fully saturated rings. The molecule has 0 unspecified atom stereocenters. The molecule has 0 amide bonds. The summed E-state index contributed by atoms with van der Waals surface area (Å²) in [4.78, 5) is 21.6. The van der Waals surface area contributed by atoms with Gasteiger partial charge in [-0.25, -0.2) is 18.4 Å². The van der Waals surface area contributed by atoms with Crippen molar-refractivity contribution in [2.75, 3.05) is 62.8 Å². The number of rotatable bonds is 7. The third kappa shape index (κ3) is 6.40. The van der Waals surface area contributed by atoms with Gasteiger partial charge in [0.05, 0.1) is 17.5 Å². The van der Waals surface area contributed by atoms with Crippen LogP contribution in [0.15, 0.2) is 29.0 Å². The number of nitrogens with two attached hydrogens (primary N) is 1. The second-order valence-electron chi connectivity index (χ2n) is 7.53. The van der Waals surface area contributed by atoms with Gasteiger partial charge < -0.3 is 20.9 Å². The van der Waals surface area contributed by atoms with Crippen LogP contribution in [0.2, 0.25) is 5.15 Å². The number of likely N-dealkylation sites (N-methyl/N-ethyl adjacent to an activating group) is 1. The first-order valence-electron chi connectivity index (χ1n) is 10.1. The number of hydrogen-bond donors (Lipinski definition) is 3. The van der Waals surface area contributed by atoms with Crippen molar-refractivity contribution in [1.29, 1.82) is 0 Å². The number of allylic oxidation sites excluding steroid dienone is 1. The summed E-state index contributed by atoms with van der Waals surface area (Å²) in [6, 6.07) is 1.66. The lowest BCUT2D eigenvalue weighted by atomic mass is 10.3. The normalized spacial score (nSPS) is 16.4. The highest BCUT2D eigenvalue weighted by atomic mass is 35.5. The van der Waals surface area contributed by atoms with Crippen molar-refractivity contribution >= 4 is 50.1 Å². The van der Waals surface area contributed by atoms with E-state index in [9.17, 15) is 8.42 Å². The second kappa shape index (κ2) is 10.3. The number of aromatic nitrogens is 3. The quantitative estimate of drug-likeness (QED) is 0.295. The fourth-order valence-corrected chi connectivity index (χ4v) is 4.25. The van der Waals surface area contributed by atoms with E-state index in [0.717, 1.165) is 26.2 Å². The van der Waals surface area contributed by atoms with E-state index in [0.29, 0.717) is 33.5 Å². The first-order chi connectivity index (χ1) is 15.2. The second-order valence-corrected chi connectivity index (χ2v) is 9.76. The van der Waals surface area contributed by atoms with Crippen LogP contribution in [-0.2, 0) is 10.0 Å². The molecule has 0 aliphatic carbocycles. The summed E-state index contributed by atoms with van der Waals surface area (Å²) in [5.41, 5.74) is 6.68. The highest BCUT2D eigenvalue weighted by Gasteiger charge is 2.19. The molecule has 1 aliphatic rings. The molecule has 1 saturated heterocycles. The van der Waals surface area contributed by atoms with Crippen molar-refractivity contribution in [1.82, 2.24) is 24.6 Å². The highest BCUT2D eigenvalue weighted by molar-refractivity contribution is 7.90. The molecule has 2 aromatic heterocycles. The summed E-state index contributed by atoms with van der Waals surface area (Å²) in [7, 11) is -0.0870. The molecule has 11 nitrogen and oxygen atoms in total. The van der Waals surface area contributed by atoms with E-state index >= 15 is 0 Å². The maximum atomic E-state index is 12.5. The van der Waals surface area contributed by atoms with Gasteiger partial charge >= 0.3 is 0 Å². The van der Waals surface area contributed by atoms with Crippen LogP contribution in [0.25, 0.3) is 10.9 Å². The predicted molar refractivity (Wildman–Crippen MR) is 129 cm³/mol. The molecule has 3 rings (SSSR count). The first-order valence-corrected chi connectivity index (χ1v) is 12.1. The number of piperazine rings is 1. The van der Waals surface area contributed by atoms with Crippen LogP contribution in [-0.4, -0.2) is 86.7 Å². The predicted octanol–water partition coefficient (Wildman–Crippen LogP) is 0.652. The Balaban J connectivity index is 1.78. The topological polar surface area (TPSA) is 142 Å². The zero-order chi connectivity index (χ0) is 23.3. The van der Waals surface area contributed by atoms with E-state index in [2.05, 4.69) is 46.8 Å². The number of pyridine rings is 1. The third-order valence-corrected chi connectivity index (χ3v) is 6.32. The maximum absolute atomic E-state index is 12.5. The Morgan fingerprint density at radius 1 is 1.31 bits per heavy atom. The van der Waals surface area contributed by atoms with Crippen LogP contribution in [0.4, 0.5) is 11.8 Å². The number of hydrogen-bond acceptors (Lipinski definition) is 10. The van der Waals surface area contributed by atoms with Crippen molar-refractivity contribution in [2.45, 2.75) is 6.92 Å². The average Bonchev–Trinajstić information content (AvgIpc) is 2.73. The molecule has 3 heterocycles. The molecule has 1 aliphatic heterocycles. The Hall–Kier alpha value is -2.70. The van der Waals surface area contributed by atoms with Crippen LogP contribution in [0.1, 0.15) is 6.92 Å². The number of nitrogens with zero attached hydrogens (tertiary/aromatic N) is 6. The highest BCUT2D eigenvalue weighted by Crippen LogP contribution is 2.25. The molecular formula is C19H28ClN9O2S. The zero-order valence-electron chi connectivity index (χ0n) is 18.3. The van der Waals surface area contributed by atoms with Gasteiger partial charge in [0.1, 0.15) is 16.8 Å². The van der Waals surface area contributed by atoms with Gasteiger partial charge in [0.25, 0.3) is 0 Å². The Morgan fingerprint density at radius 2 is 2.03 bits per heavy atom. The summed E-state index contributed by atoms with van der Waals surface area (Å²) in [6.07, 6.45) is 3.05. The average molecular weight is 482 g/mol. The molecule has 0 spiro atoms. The molecule has 0 atom stereocenters. The van der Waals surface area contributed by atoms with Crippen molar-refractivity contribution in [3.63, 3.8) is 0 Å². The van der Waals surface area contributed by atoms with E-state index in [4.69, 9.17) is 17.3 Å². The molecule has 4 N–H and O–H groups in total. The van der Waals surface area contributed by atoms with Crippen molar-refractivity contribution in [2.24, 2.45) is 10.7 Å². The number of anilines is 2.